The van der Waals surface area contributed by atoms with E-state index in [-0.39, 0.29) is 29.7 Å². The number of fused-ring (bicyclic) bond motifs is 1. The number of nitrogens with zero attached hydrogens (tertiary/aromatic N) is 1. The molecule has 8 nitrogen and oxygen atoms in total. The minimum Gasteiger partial charge on any atom is -0.469 e. The normalized spacial score (nSPS) is 15.9. The molecule has 0 saturated heterocycles. The Labute approximate surface area is 144 Å². The first-order chi connectivity index (χ1) is 11.9. The number of aryl methyl sites for hydroxylation is 1. The Morgan fingerprint density at radius 3 is 2.56 bits per heavy atom. The zero-order valence-electron chi connectivity index (χ0n) is 14.5. The number of rotatable bonds is 5. The molecule has 0 radical (unpaired) electrons. The lowest BCUT2D eigenvalue weighted by Gasteiger charge is -2.28. The summed E-state index contributed by atoms with van der Waals surface area (Å²) in [5, 5.41) is 0. The van der Waals surface area contributed by atoms with Crippen molar-refractivity contribution >= 4 is 17.9 Å². The molecule has 0 N–H and O–H groups in total. The summed E-state index contributed by atoms with van der Waals surface area (Å²) in [6.45, 7) is 1.26. The van der Waals surface area contributed by atoms with Gasteiger partial charge < -0.3 is 14.2 Å². The van der Waals surface area contributed by atoms with E-state index in [0.717, 1.165) is 0 Å². The quantitative estimate of drug-likeness (QED) is 0.727. The van der Waals surface area contributed by atoms with Gasteiger partial charge in [-0.2, -0.15) is 0 Å². The van der Waals surface area contributed by atoms with Gasteiger partial charge in [-0.25, -0.2) is 4.79 Å². The fourth-order valence-corrected chi connectivity index (χ4v) is 2.98. The van der Waals surface area contributed by atoms with Crippen LogP contribution in [0.2, 0.25) is 0 Å². The van der Waals surface area contributed by atoms with Crippen molar-refractivity contribution in [3.8, 4) is 5.75 Å². The molecule has 1 aliphatic heterocycles. The molecule has 0 bridgehead atoms. The van der Waals surface area contributed by atoms with E-state index < -0.39 is 23.9 Å². The van der Waals surface area contributed by atoms with E-state index in [1.54, 1.807) is 0 Å². The Balaban J connectivity index is 2.55. The first-order valence-corrected chi connectivity index (χ1v) is 7.99. The summed E-state index contributed by atoms with van der Waals surface area (Å²) in [5.41, 5.74) is 0.384. The van der Waals surface area contributed by atoms with E-state index in [9.17, 15) is 19.2 Å². The first kappa shape index (κ1) is 18.7. The average Bonchev–Trinajstić information content (AvgIpc) is 2.60. The zero-order valence-corrected chi connectivity index (χ0v) is 14.5. The fraction of sp³-hybridized carbons (Fsp3) is 0.529. The lowest BCUT2D eigenvalue weighted by molar-refractivity contribution is -0.145. The summed E-state index contributed by atoms with van der Waals surface area (Å²) in [6.07, 6.45) is 1.75. The van der Waals surface area contributed by atoms with Gasteiger partial charge in [-0.15, -0.1) is 0 Å². The summed E-state index contributed by atoms with van der Waals surface area (Å²) in [4.78, 5) is 47.7. The maximum Gasteiger partial charge on any atom is 0.328 e. The summed E-state index contributed by atoms with van der Waals surface area (Å²) in [6, 6.07) is 0.701. The Morgan fingerprint density at radius 2 is 1.96 bits per heavy atom. The van der Waals surface area contributed by atoms with Crippen molar-refractivity contribution in [1.29, 1.82) is 0 Å². The molecular formula is C17H21NO7. The second-order valence-corrected chi connectivity index (χ2v) is 5.76. The number of carbonyl (C=O) groups is 3. The van der Waals surface area contributed by atoms with Crippen LogP contribution in [0.4, 0.5) is 0 Å². The number of esters is 3. The van der Waals surface area contributed by atoms with E-state index in [1.165, 1.54) is 31.8 Å². The highest BCUT2D eigenvalue weighted by Crippen LogP contribution is 2.31. The number of carbonyl (C=O) groups excluding carboxylic acids is 3. The third-order valence-electron chi connectivity index (χ3n) is 4.13. The maximum absolute atomic E-state index is 12.8. The second-order valence-electron chi connectivity index (χ2n) is 5.76. The number of hydrogen-bond donors (Lipinski definition) is 0. The first-order valence-electron chi connectivity index (χ1n) is 7.99. The van der Waals surface area contributed by atoms with Crippen LogP contribution in [0.15, 0.2) is 10.9 Å². The van der Waals surface area contributed by atoms with Gasteiger partial charge in [-0.05, 0) is 31.7 Å². The SMILES string of the molecule is COC(=O)CCc1cc(OC(C)=O)c2n(c1=O)[C@H](C(=O)OC)CCC2. The van der Waals surface area contributed by atoms with Crippen molar-refractivity contribution in [3.05, 3.63) is 27.7 Å². The molecule has 0 fully saturated rings. The molecule has 2 rings (SSSR count). The summed E-state index contributed by atoms with van der Waals surface area (Å²) in [7, 11) is 2.52. The van der Waals surface area contributed by atoms with Crippen LogP contribution in [0.3, 0.4) is 0 Å². The Bertz CT molecular complexity index is 750. The largest absolute Gasteiger partial charge is 0.469 e. The molecule has 8 heteroatoms. The molecule has 1 aliphatic rings. The van der Waals surface area contributed by atoms with Crippen molar-refractivity contribution < 1.29 is 28.6 Å². The van der Waals surface area contributed by atoms with Gasteiger partial charge in [0.25, 0.3) is 5.56 Å². The average molecular weight is 351 g/mol. The van der Waals surface area contributed by atoms with Gasteiger partial charge in [-0.1, -0.05) is 0 Å². The number of ether oxygens (including phenoxy) is 3. The van der Waals surface area contributed by atoms with Crippen LogP contribution in [0.1, 0.15) is 43.5 Å². The molecule has 25 heavy (non-hydrogen) atoms. The highest BCUT2D eigenvalue weighted by molar-refractivity contribution is 5.75. The van der Waals surface area contributed by atoms with Crippen LogP contribution in [-0.4, -0.2) is 36.7 Å². The van der Waals surface area contributed by atoms with E-state index >= 15 is 0 Å². The number of pyridine rings is 1. The molecule has 136 valence electrons. The van der Waals surface area contributed by atoms with Gasteiger partial charge in [0.15, 0.2) is 5.75 Å². The number of hydrogen-bond acceptors (Lipinski definition) is 7. The van der Waals surface area contributed by atoms with Crippen LogP contribution in [-0.2, 0) is 36.7 Å². The van der Waals surface area contributed by atoms with Crippen molar-refractivity contribution in [1.82, 2.24) is 4.57 Å². The third-order valence-corrected chi connectivity index (χ3v) is 4.13. The number of aromatic nitrogens is 1. The van der Waals surface area contributed by atoms with E-state index in [2.05, 4.69) is 4.74 Å². The Morgan fingerprint density at radius 1 is 1.24 bits per heavy atom. The van der Waals surface area contributed by atoms with Gasteiger partial charge in [0.2, 0.25) is 0 Å². The molecule has 1 aromatic rings. The number of methoxy groups -OCH3 is 2. The van der Waals surface area contributed by atoms with Gasteiger partial charge in [0.05, 0.1) is 19.9 Å². The summed E-state index contributed by atoms with van der Waals surface area (Å²) >= 11 is 0. The molecule has 2 heterocycles. The van der Waals surface area contributed by atoms with Gasteiger partial charge in [0.1, 0.15) is 6.04 Å². The molecule has 0 aliphatic carbocycles. The molecule has 1 aromatic heterocycles. The molecular weight excluding hydrogens is 330 g/mol. The molecule has 0 spiro atoms. The van der Waals surface area contributed by atoms with Gasteiger partial charge >= 0.3 is 17.9 Å². The van der Waals surface area contributed by atoms with Gasteiger partial charge in [-0.3, -0.25) is 19.0 Å². The van der Waals surface area contributed by atoms with Crippen molar-refractivity contribution in [2.45, 2.75) is 45.1 Å². The van der Waals surface area contributed by atoms with Crippen LogP contribution < -0.4 is 10.3 Å². The van der Waals surface area contributed by atoms with Crippen LogP contribution in [0.25, 0.3) is 0 Å². The van der Waals surface area contributed by atoms with E-state index in [4.69, 9.17) is 9.47 Å². The third kappa shape index (κ3) is 4.07. The monoisotopic (exact) mass is 351 g/mol. The zero-order chi connectivity index (χ0) is 18.6. The topological polar surface area (TPSA) is 101 Å². The minimum atomic E-state index is -0.770. The second kappa shape index (κ2) is 7.96. The lowest BCUT2D eigenvalue weighted by Crippen LogP contribution is -2.38. The molecule has 1 atom stereocenters. The van der Waals surface area contributed by atoms with Crippen LogP contribution in [0.5, 0.6) is 5.75 Å². The maximum atomic E-state index is 12.8. The van der Waals surface area contributed by atoms with Crippen molar-refractivity contribution in [3.63, 3.8) is 0 Å². The highest BCUT2D eigenvalue weighted by atomic mass is 16.5. The minimum absolute atomic E-state index is 0.00743. The predicted molar refractivity (Wildman–Crippen MR) is 86.3 cm³/mol. The van der Waals surface area contributed by atoms with Crippen LogP contribution in [0, 0.1) is 0 Å². The fourth-order valence-electron chi connectivity index (χ4n) is 2.98. The molecule has 0 aromatic carbocycles. The smallest absolute Gasteiger partial charge is 0.328 e. The van der Waals surface area contributed by atoms with Gasteiger partial charge in [0, 0.05) is 18.9 Å². The lowest BCUT2D eigenvalue weighted by atomic mass is 9.98. The van der Waals surface area contributed by atoms with Crippen molar-refractivity contribution in [2.75, 3.05) is 14.2 Å². The molecule has 0 saturated carbocycles. The van der Waals surface area contributed by atoms with E-state index in [1.807, 2.05) is 0 Å². The Kier molecular flexibility index (Phi) is 5.95. The Hall–Kier alpha value is -2.64. The molecule has 0 unspecified atom stereocenters. The summed E-state index contributed by atoms with van der Waals surface area (Å²) in [5.74, 6) is -1.27. The standard InChI is InChI=1S/C17H21NO7/c1-10(19)25-14-9-11(7-8-15(20)23-2)16(21)18-12(14)5-4-6-13(18)17(22)24-3/h9,13H,4-8H2,1-3H3/t13-/m0/s1. The van der Waals surface area contributed by atoms with Crippen molar-refractivity contribution in [2.24, 2.45) is 0 Å². The van der Waals surface area contributed by atoms with Crippen LogP contribution >= 0.6 is 0 Å². The highest BCUT2D eigenvalue weighted by Gasteiger charge is 2.31. The predicted octanol–water partition coefficient (Wildman–Crippen LogP) is 0.930. The molecule has 0 amide bonds. The summed E-state index contributed by atoms with van der Waals surface area (Å²) < 4.78 is 16.0. The van der Waals surface area contributed by atoms with E-state index in [0.29, 0.717) is 25.0 Å².